The van der Waals surface area contributed by atoms with E-state index in [1.165, 1.54) is 25.7 Å². The summed E-state index contributed by atoms with van der Waals surface area (Å²) in [4.78, 5) is 14.3. The molecule has 20 heavy (non-hydrogen) atoms. The van der Waals surface area contributed by atoms with Crippen LogP contribution in [0.15, 0.2) is 24.3 Å². The summed E-state index contributed by atoms with van der Waals surface area (Å²) < 4.78 is 5.60. The lowest BCUT2D eigenvalue weighted by Gasteiger charge is -2.22. The molecule has 1 aromatic rings. The van der Waals surface area contributed by atoms with Crippen LogP contribution in [0.1, 0.15) is 32.1 Å². The van der Waals surface area contributed by atoms with Gasteiger partial charge in [0.05, 0.1) is 13.0 Å². The Morgan fingerprint density at radius 1 is 1.20 bits per heavy atom. The normalized spacial score (nSPS) is 17.8. The van der Waals surface area contributed by atoms with E-state index in [4.69, 9.17) is 10.5 Å². The zero-order valence-electron chi connectivity index (χ0n) is 11.8. The fourth-order valence-corrected chi connectivity index (χ4v) is 2.38. The van der Waals surface area contributed by atoms with Crippen molar-refractivity contribution >= 4 is 11.6 Å². The third-order valence-electron chi connectivity index (χ3n) is 3.92. The molecule has 0 aliphatic heterocycles. The molecule has 0 saturated heterocycles. The van der Waals surface area contributed by atoms with E-state index in [0.29, 0.717) is 19.1 Å². The Kier molecular flexibility index (Phi) is 3.81. The Morgan fingerprint density at radius 3 is 2.50 bits per heavy atom. The van der Waals surface area contributed by atoms with Crippen molar-refractivity contribution in [2.45, 2.75) is 38.1 Å². The summed E-state index contributed by atoms with van der Waals surface area (Å²) in [6.07, 6.45) is 5.40. The molecule has 0 bridgehead atoms. The highest BCUT2D eigenvalue weighted by Crippen LogP contribution is 2.35. The molecular formula is C16H22N2O2. The van der Waals surface area contributed by atoms with Crippen molar-refractivity contribution in [2.75, 3.05) is 18.9 Å². The van der Waals surface area contributed by atoms with Gasteiger partial charge in [0.1, 0.15) is 5.75 Å². The van der Waals surface area contributed by atoms with Crippen molar-refractivity contribution in [3.05, 3.63) is 24.3 Å². The minimum Gasteiger partial charge on any atom is -0.493 e. The predicted molar refractivity (Wildman–Crippen MR) is 78.4 cm³/mol. The van der Waals surface area contributed by atoms with Crippen LogP contribution in [0.3, 0.4) is 0 Å². The van der Waals surface area contributed by atoms with Crippen LogP contribution < -0.4 is 10.5 Å². The second-order valence-electron chi connectivity index (χ2n) is 5.89. The molecule has 4 nitrogen and oxygen atoms in total. The number of nitrogens with two attached hydrogens (primary N) is 1. The minimum atomic E-state index is 0.245. The number of amides is 1. The fourth-order valence-electron chi connectivity index (χ4n) is 2.38. The predicted octanol–water partition coefficient (Wildman–Crippen LogP) is 2.44. The lowest BCUT2D eigenvalue weighted by molar-refractivity contribution is -0.132. The van der Waals surface area contributed by atoms with E-state index in [1.54, 1.807) is 12.1 Å². The molecule has 2 aliphatic rings. The third kappa shape index (κ3) is 3.65. The molecule has 0 unspecified atom stereocenters. The molecule has 2 aliphatic carbocycles. The molecule has 0 heterocycles. The maximum Gasteiger partial charge on any atom is 0.226 e. The lowest BCUT2D eigenvalue weighted by atomic mass is 10.3. The Balaban J connectivity index is 1.44. The van der Waals surface area contributed by atoms with Crippen molar-refractivity contribution in [1.29, 1.82) is 0 Å². The summed E-state index contributed by atoms with van der Waals surface area (Å²) in [5, 5.41) is 0. The van der Waals surface area contributed by atoms with Crippen LogP contribution in [0.4, 0.5) is 5.69 Å². The SMILES string of the molecule is Nc1ccc(OCCC(=O)N(CC2CC2)C2CC2)cc1. The van der Waals surface area contributed by atoms with Gasteiger partial charge in [-0.3, -0.25) is 4.79 Å². The molecule has 2 saturated carbocycles. The molecule has 0 radical (unpaired) electrons. The zero-order valence-corrected chi connectivity index (χ0v) is 11.8. The van der Waals surface area contributed by atoms with Gasteiger partial charge in [0.2, 0.25) is 5.91 Å². The molecule has 2 fully saturated rings. The van der Waals surface area contributed by atoms with Crippen molar-refractivity contribution in [3.8, 4) is 5.75 Å². The Hall–Kier alpha value is -1.71. The summed E-state index contributed by atoms with van der Waals surface area (Å²) in [5.41, 5.74) is 6.34. The van der Waals surface area contributed by atoms with Crippen LogP contribution in [0, 0.1) is 5.92 Å². The van der Waals surface area contributed by atoms with Crippen molar-refractivity contribution in [1.82, 2.24) is 4.90 Å². The first kappa shape index (κ1) is 13.3. The molecule has 0 spiro atoms. The number of carbonyl (C=O) groups excluding carboxylic acids is 1. The summed E-state index contributed by atoms with van der Waals surface area (Å²) in [6, 6.07) is 7.80. The average molecular weight is 274 g/mol. The van der Waals surface area contributed by atoms with Crippen LogP contribution >= 0.6 is 0 Å². The average Bonchev–Trinajstić information content (AvgIpc) is 3.31. The van der Waals surface area contributed by atoms with Crippen LogP contribution in [0.25, 0.3) is 0 Å². The molecule has 108 valence electrons. The number of rotatable bonds is 7. The first-order chi connectivity index (χ1) is 9.72. The van der Waals surface area contributed by atoms with E-state index in [9.17, 15) is 4.79 Å². The highest BCUT2D eigenvalue weighted by atomic mass is 16.5. The number of hydrogen-bond donors (Lipinski definition) is 1. The molecule has 4 heteroatoms. The number of hydrogen-bond acceptors (Lipinski definition) is 3. The minimum absolute atomic E-state index is 0.245. The Bertz CT molecular complexity index is 464. The third-order valence-corrected chi connectivity index (χ3v) is 3.92. The molecule has 2 N–H and O–H groups in total. The van der Waals surface area contributed by atoms with Crippen molar-refractivity contribution in [2.24, 2.45) is 5.92 Å². The lowest BCUT2D eigenvalue weighted by Crippen LogP contribution is -2.35. The van der Waals surface area contributed by atoms with Crippen LogP contribution in [0.5, 0.6) is 5.75 Å². The van der Waals surface area contributed by atoms with E-state index < -0.39 is 0 Å². The van der Waals surface area contributed by atoms with E-state index in [-0.39, 0.29) is 5.91 Å². The molecule has 1 aromatic carbocycles. The van der Waals surface area contributed by atoms with E-state index in [1.807, 2.05) is 12.1 Å². The second-order valence-corrected chi connectivity index (χ2v) is 5.89. The Morgan fingerprint density at radius 2 is 1.90 bits per heavy atom. The van der Waals surface area contributed by atoms with Gasteiger partial charge in [-0.15, -0.1) is 0 Å². The molecular weight excluding hydrogens is 252 g/mol. The standard InChI is InChI=1S/C16H22N2O2/c17-13-3-7-15(8-4-13)20-10-9-16(19)18(14-5-6-14)11-12-1-2-12/h3-4,7-8,12,14H,1-2,5-6,9-11,17H2. The van der Waals surface area contributed by atoms with E-state index in [2.05, 4.69) is 4.90 Å². The second kappa shape index (κ2) is 5.73. The number of carbonyl (C=O) groups is 1. The number of ether oxygens (including phenoxy) is 1. The quantitative estimate of drug-likeness (QED) is 0.777. The fraction of sp³-hybridized carbons (Fsp3) is 0.562. The van der Waals surface area contributed by atoms with Crippen LogP contribution in [-0.4, -0.2) is 30.0 Å². The van der Waals surface area contributed by atoms with Gasteiger partial charge in [0.15, 0.2) is 0 Å². The Labute approximate surface area is 119 Å². The summed E-state index contributed by atoms with van der Waals surface area (Å²) >= 11 is 0. The highest BCUT2D eigenvalue weighted by Gasteiger charge is 2.36. The number of nitrogens with zero attached hydrogens (tertiary/aromatic N) is 1. The van der Waals surface area contributed by atoms with Crippen molar-refractivity contribution in [3.63, 3.8) is 0 Å². The van der Waals surface area contributed by atoms with Gasteiger partial charge in [-0.1, -0.05) is 0 Å². The summed E-state index contributed by atoms with van der Waals surface area (Å²) in [7, 11) is 0. The van der Waals surface area contributed by atoms with Gasteiger partial charge < -0.3 is 15.4 Å². The van der Waals surface area contributed by atoms with Crippen LogP contribution in [-0.2, 0) is 4.79 Å². The van der Waals surface area contributed by atoms with Gasteiger partial charge in [0, 0.05) is 18.3 Å². The maximum atomic E-state index is 12.3. The van der Waals surface area contributed by atoms with E-state index >= 15 is 0 Å². The van der Waals surface area contributed by atoms with Crippen molar-refractivity contribution < 1.29 is 9.53 Å². The monoisotopic (exact) mass is 274 g/mol. The molecule has 3 rings (SSSR count). The topological polar surface area (TPSA) is 55.6 Å². The van der Waals surface area contributed by atoms with Gasteiger partial charge >= 0.3 is 0 Å². The molecule has 0 atom stereocenters. The smallest absolute Gasteiger partial charge is 0.226 e. The number of benzene rings is 1. The van der Waals surface area contributed by atoms with Crippen LogP contribution in [0.2, 0.25) is 0 Å². The first-order valence-electron chi connectivity index (χ1n) is 7.50. The van der Waals surface area contributed by atoms with Gasteiger partial charge in [-0.2, -0.15) is 0 Å². The number of nitrogen functional groups attached to an aromatic ring is 1. The summed E-state index contributed by atoms with van der Waals surface area (Å²) in [5.74, 6) is 1.78. The summed E-state index contributed by atoms with van der Waals surface area (Å²) in [6.45, 7) is 1.40. The highest BCUT2D eigenvalue weighted by molar-refractivity contribution is 5.77. The van der Waals surface area contributed by atoms with Gasteiger partial charge in [-0.25, -0.2) is 0 Å². The van der Waals surface area contributed by atoms with E-state index in [0.717, 1.165) is 23.9 Å². The van der Waals surface area contributed by atoms with Gasteiger partial charge in [0.25, 0.3) is 0 Å². The zero-order chi connectivity index (χ0) is 13.9. The maximum absolute atomic E-state index is 12.3. The first-order valence-corrected chi connectivity index (χ1v) is 7.50. The number of anilines is 1. The largest absolute Gasteiger partial charge is 0.493 e. The molecule has 1 amide bonds. The molecule has 0 aromatic heterocycles. The van der Waals surface area contributed by atoms with Gasteiger partial charge in [-0.05, 0) is 55.9 Å².